The molecule has 2 aromatic rings. The molecular formula is C14H13ClN2O3. The molecule has 0 radical (unpaired) electrons. The number of ether oxygens (including phenoxy) is 1. The van der Waals surface area contributed by atoms with Crippen molar-refractivity contribution >= 4 is 23.0 Å². The number of para-hydroxylation sites is 1. The molecule has 0 bridgehead atoms. The third-order valence-electron chi connectivity index (χ3n) is 2.58. The molecule has 104 valence electrons. The third-order valence-corrected chi connectivity index (χ3v) is 2.82. The van der Waals surface area contributed by atoms with Crippen LogP contribution in [0.4, 0.5) is 11.4 Å². The molecule has 0 spiro atoms. The van der Waals surface area contributed by atoms with Gasteiger partial charge in [-0.2, -0.15) is 0 Å². The normalized spacial score (nSPS) is 10.1. The number of nitrogens with zero attached hydrogens (tertiary/aromatic N) is 1. The van der Waals surface area contributed by atoms with Gasteiger partial charge in [-0.25, -0.2) is 0 Å². The van der Waals surface area contributed by atoms with Gasteiger partial charge in [0.15, 0.2) is 0 Å². The number of nitro groups is 1. The van der Waals surface area contributed by atoms with Gasteiger partial charge < -0.3 is 10.1 Å². The maximum Gasteiger partial charge on any atom is 0.292 e. The molecule has 2 aromatic carbocycles. The van der Waals surface area contributed by atoms with Gasteiger partial charge in [-0.15, -0.1) is 0 Å². The van der Waals surface area contributed by atoms with Gasteiger partial charge in [-0.05, 0) is 24.3 Å². The molecule has 0 aromatic heterocycles. The van der Waals surface area contributed by atoms with E-state index in [1.807, 2.05) is 30.3 Å². The first-order valence-electron chi connectivity index (χ1n) is 6.02. The van der Waals surface area contributed by atoms with Crippen LogP contribution in [-0.2, 0) is 0 Å². The standard InChI is InChI=1S/C14H13ClN2O3/c15-11-6-7-14(17(18)19)13(10-11)16-8-9-20-12-4-2-1-3-5-12/h1-7,10,16H,8-9H2. The van der Waals surface area contributed by atoms with Gasteiger partial charge in [-0.3, -0.25) is 10.1 Å². The molecule has 20 heavy (non-hydrogen) atoms. The molecule has 0 atom stereocenters. The summed E-state index contributed by atoms with van der Waals surface area (Å²) in [5, 5.41) is 14.3. The minimum absolute atomic E-state index is 0.00545. The summed E-state index contributed by atoms with van der Waals surface area (Å²) in [6, 6.07) is 13.8. The second-order valence-corrected chi connectivity index (χ2v) is 4.44. The first-order valence-corrected chi connectivity index (χ1v) is 6.40. The number of hydrogen-bond acceptors (Lipinski definition) is 4. The SMILES string of the molecule is O=[N+]([O-])c1ccc(Cl)cc1NCCOc1ccccc1. The monoisotopic (exact) mass is 292 g/mol. The van der Waals surface area contributed by atoms with Gasteiger partial charge in [0.1, 0.15) is 18.0 Å². The van der Waals surface area contributed by atoms with E-state index in [4.69, 9.17) is 16.3 Å². The number of anilines is 1. The second-order valence-electron chi connectivity index (χ2n) is 4.01. The topological polar surface area (TPSA) is 64.4 Å². The molecular weight excluding hydrogens is 280 g/mol. The Morgan fingerprint density at radius 1 is 1.20 bits per heavy atom. The van der Waals surface area contributed by atoms with Crippen LogP contribution in [0.25, 0.3) is 0 Å². The van der Waals surface area contributed by atoms with Crippen molar-refractivity contribution in [1.29, 1.82) is 0 Å². The summed E-state index contributed by atoms with van der Waals surface area (Å²) in [5.74, 6) is 0.759. The Balaban J connectivity index is 1.91. The Labute approximate surface area is 121 Å². The molecule has 0 unspecified atom stereocenters. The molecule has 6 heteroatoms. The van der Waals surface area contributed by atoms with Crippen LogP contribution in [0.15, 0.2) is 48.5 Å². The first-order chi connectivity index (χ1) is 9.66. The van der Waals surface area contributed by atoms with Crippen molar-refractivity contribution in [2.24, 2.45) is 0 Å². The fourth-order valence-electron chi connectivity index (χ4n) is 1.68. The molecule has 5 nitrogen and oxygen atoms in total. The predicted octanol–water partition coefficient (Wildman–Crippen LogP) is 3.74. The highest BCUT2D eigenvalue weighted by Crippen LogP contribution is 2.27. The summed E-state index contributed by atoms with van der Waals surface area (Å²) < 4.78 is 5.49. The quantitative estimate of drug-likeness (QED) is 0.500. The molecule has 0 saturated carbocycles. The fourth-order valence-corrected chi connectivity index (χ4v) is 1.85. The molecule has 0 fully saturated rings. The van der Waals surface area contributed by atoms with Crippen molar-refractivity contribution < 1.29 is 9.66 Å². The highest BCUT2D eigenvalue weighted by atomic mass is 35.5. The Bertz CT molecular complexity index is 590. The van der Waals surface area contributed by atoms with Crippen LogP contribution in [0.2, 0.25) is 5.02 Å². The first kappa shape index (κ1) is 14.1. The number of rotatable bonds is 6. The zero-order valence-electron chi connectivity index (χ0n) is 10.6. The van der Waals surface area contributed by atoms with Gasteiger partial charge in [0.2, 0.25) is 0 Å². The second kappa shape index (κ2) is 6.77. The van der Waals surface area contributed by atoms with Gasteiger partial charge in [0.25, 0.3) is 5.69 Å². The van der Waals surface area contributed by atoms with Crippen LogP contribution in [0.1, 0.15) is 0 Å². The van der Waals surface area contributed by atoms with Gasteiger partial charge in [0, 0.05) is 17.6 Å². The van der Waals surface area contributed by atoms with Crippen molar-refractivity contribution in [2.75, 3.05) is 18.5 Å². The van der Waals surface area contributed by atoms with Gasteiger partial charge in [0.05, 0.1) is 4.92 Å². The van der Waals surface area contributed by atoms with Crippen molar-refractivity contribution in [3.05, 3.63) is 63.7 Å². The van der Waals surface area contributed by atoms with Crippen LogP contribution in [0, 0.1) is 10.1 Å². The summed E-state index contributed by atoms with van der Waals surface area (Å²) in [7, 11) is 0. The van der Waals surface area contributed by atoms with Crippen molar-refractivity contribution in [3.63, 3.8) is 0 Å². The number of nitro benzene ring substituents is 1. The summed E-state index contributed by atoms with van der Waals surface area (Å²) in [4.78, 5) is 10.4. The maximum atomic E-state index is 10.9. The highest BCUT2D eigenvalue weighted by molar-refractivity contribution is 6.31. The molecule has 0 aliphatic rings. The molecule has 0 heterocycles. The average Bonchev–Trinajstić information content (AvgIpc) is 2.44. The van der Waals surface area contributed by atoms with Crippen LogP contribution in [0.5, 0.6) is 5.75 Å². The molecule has 0 saturated heterocycles. The Morgan fingerprint density at radius 3 is 2.65 bits per heavy atom. The fraction of sp³-hybridized carbons (Fsp3) is 0.143. The third kappa shape index (κ3) is 3.86. The van der Waals surface area contributed by atoms with E-state index < -0.39 is 4.92 Å². The minimum Gasteiger partial charge on any atom is -0.492 e. The lowest BCUT2D eigenvalue weighted by Gasteiger charge is -2.09. The van der Waals surface area contributed by atoms with Gasteiger partial charge >= 0.3 is 0 Å². The van der Waals surface area contributed by atoms with E-state index in [2.05, 4.69) is 5.32 Å². The van der Waals surface area contributed by atoms with E-state index in [-0.39, 0.29) is 5.69 Å². The van der Waals surface area contributed by atoms with E-state index in [0.717, 1.165) is 5.75 Å². The van der Waals surface area contributed by atoms with Crippen LogP contribution in [-0.4, -0.2) is 18.1 Å². The zero-order valence-corrected chi connectivity index (χ0v) is 11.3. The molecule has 1 N–H and O–H groups in total. The Kier molecular flexibility index (Phi) is 4.79. The summed E-state index contributed by atoms with van der Waals surface area (Å²) >= 11 is 5.84. The molecule has 0 aliphatic heterocycles. The number of hydrogen-bond donors (Lipinski definition) is 1. The highest BCUT2D eigenvalue weighted by Gasteiger charge is 2.13. The van der Waals surface area contributed by atoms with Crippen LogP contribution >= 0.6 is 11.6 Å². The van der Waals surface area contributed by atoms with E-state index in [1.54, 1.807) is 0 Å². The van der Waals surface area contributed by atoms with Crippen LogP contribution < -0.4 is 10.1 Å². The number of nitrogens with one attached hydrogen (secondary N) is 1. The largest absolute Gasteiger partial charge is 0.492 e. The maximum absolute atomic E-state index is 10.9. The van der Waals surface area contributed by atoms with E-state index in [9.17, 15) is 10.1 Å². The molecule has 0 amide bonds. The number of benzene rings is 2. The van der Waals surface area contributed by atoms with Gasteiger partial charge in [-0.1, -0.05) is 29.8 Å². The smallest absolute Gasteiger partial charge is 0.292 e. The number of halogens is 1. The van der Waals surface area contributed by atoms with E-state index in [1.165, 1.54) is 18.2 Å². The van der Waals surface area contributed by atoms with Crippen molar-refractivity contribution in [3.8, 4) is 5.75 Å². The lowest BCUT2D eigenvalue weighted by Crippen LogP contribution is -2.12. The average molecular weight is 293 g/mol. The Morgan fingerprint density at radius 2 is 1.95 bits per heavy atom. The summed E-state index contributed by atoms with van der Waals surface area (Å²) in [6.45, 7) is 0.837. The van der Waals surface area contributed by atoms with E-state index in [0.29, 0.717) is 23.9 Å². The van der Waals surface area contributed by atoms with E-state index >= 15 is 0 Å². The lowest BCUT2D eigenvalue weighted by molar-refractivity contribution is -0.384. The summed E-state index contributed by atoms with van der Waals surface area (Å²) in [5.41, 5.74) is 0.383. The molecule has 0 aliphatic carbocycles. The zero-order chi connectivity index (χ0) is 14.4. The summed E-state index contributed by atoms with van der Waals surface area (Å²) in [6.07, 6.45) is 0. The predicted molar refractivity (Wildman–Crippen MR) is 78.5 cm³/mol. The minimum atomic E-state index is -0.448. The van der Waals surface area contributed by atoms with Crippen molar-refractivity contribution in [2.45, 2.75) is 0 Å². The Hall–Kier alpha value is -2.27. The van der Waals surface area contributed by atoms with Crippen LogP contribution in [0.3, 0.4) is 0 Å². The lowest BCUT2D eigenvalue weighted by atomic mass is 10.2. The molecule has 2 rings (SSSR count). The van der Waals surface area contributed by atoms with Crippen molar-refractivity contribution in [1.82, 2.24) is 0 Å².